The number of hydrogen-bond acceptors (Lipinski definition) is 3. The van der Waals surface area contributed by atoms with Crippen molar-refractivity contribution >= 4 is 0 Å². The highest BCUT2D eigenvalue weighted by Crippen LogP contribution is 2.21. The first kappa shape index (κ1) is 10.5. The van der Waals surface area contributed by atoms with Gasteiger partial charge in [0.25, 0.3) is 0 Å². The van der Waals surface area contributed by atoms with Gasteiger partial charge in [0, 0.05) is 13.0 Å². The number of ether oxygens (including phenoxy) is 1. The van der Waals surface area contributed by atoms with E-state index in [-0.39, 0.29) is 0 Å². The summed E-state index contributed by atoms with van der Waals surface area (Å²) in [6, 6.07) is 7.88. The molecule has 1 aromatic carbocycles. The van der Waals surface area contributed by atoms with Crippen LogP contribution in [-0.2, 0) is 6.42 Å². The van der Waals surface area contributed by atoms with Gasteiger partial charge in [-0.05, 0) is 30.7 Å². The Morgan fingerprint density at radius 2 is 2.13 bits per heavy atom. The van der Waals surface area contributed by atoms with Crippen LogP contribution >= 0.6 is 0 Å². The summed E-state index contributed by atoms with van der Waals surface area (Å²) in [5.74, 6) is 0.857. The molecule has 0 aliphatic carbocycles. The summed E-state index contributed by atoms with van der Waals surface area (Å²) in [5, 5.41) is 13.4. The van der Waals surface area contributed by atoms with Gasteiger partial charge in [0.1, 0.15) is 5.75 Å². The molecule has 3 nitrogen and oxygen atoms in total. The molecule has 1 atom stereocenters. The van der Waals surface area contributed by atoms with Gasteiger partial charge in [-0.3, -0.25) is 0 Å². The van der Waals surface area contributed by atoms with Crippen molar-refractivity contribution in [3.8, 4) is 5.75 Å². The second-order valence-electron chi connectivity index (χ2n) is 4.18. The number of methoxy groups -OCH3 is 1. The molecule has 0 bridgehead atoms. The highest BCUT2D eigenvalue weighted by atomic mass is 16.5. The van der Waals surface area contributed by atoms with E-state index in [2.05, 4.69) is 5.32 Å². The van der Waals surface area contributed by atoms with Gasteiger partial charge in [-0.1, -0.05) is 12.1 Å². The van der Waals surface area contributed by atoms with Crippen LogP contribution in [0.3, 0.4) is 0 Å². The number of β-amino-alcohol motifs (C(OH)–C–C–N with tert-alkyl or cyclic N) is 1. The highest BCUT2D eigenvalue weighted by molar-refractivity contribution is 5.28. The zero-order valence-corrected chi connectivity index (χ0v) is 8.99. The van der Waals surface area contributed by atoms with Crippen molar-refractivity contribution in [2.24, 2.45) is 0 Å². The molecule has 3 heteroatoms. The van der Waals surface area contributed by atoms with Crippen molar-refractivity contribution in [2.75, 3.05) is 20.2 Å². The lowest BCUT2D eigenvalue weighted by Gasteiger charge is -2.21. The van der Waals surface area contributed by atoms with E-state index in [0.29, 0.717) is 13.0 Å². The molecule has 1 heterocycles. The third kappa shape index (κ3) is 2.49. The second-order valence-corrected chi connectivity index (χ2v) is 4.18. The zero-order chi connectivity index (χ0) is 10.7. The summed E-state index contributed by atoms with van der Waals surface area (Å²) < 4.78 is 5.09. The van der Waals surface area contributed by atoms with Gasteiger partial charge < -0.3 is 15.2 Å². The van der Waals surface area contributed by atoms with Crippen LogP contribution < -0.4 is 10.1 Å². The normalized spacial score (nSPS) is 25.5. The Bertz CT molecular complexity index is 315. The molecule has 1 unspecified atom stereocenters. The van der Waals surface area contributed by atoms with Crippen LogP contribution in [0.25, 0.3) is 0 Å². The van der Waals surface area contributed by atoms with Crippen LogP contribution in [0.15, 0.2) is 24.3 Å². The molecule has 1 fully saturated rings. The maximum atomic E-state index is 10.2. The third-order valence-corrected chi connectivity index (χ3v) is 2.91. The molecular formula is C12H17NO2. The predicted octanol–water partition coefficient (Wildman–Crippen LogP) is 0.962. The summed E-state index contributed by atoms with van der Waals surface area (Å²) in [7, 11) is 1.66. The number of aliphatic hydroxyl groups is 1. The molecular weight excluding hydrogens is 190 g/mol. The molecule has 1 aliphatic heterocycles. The van der Waals surface area contributed by atoms with Crippen molar-refractivity contribution in [1.82, 2.24) is 5.32 Å². The second kappa shape index (κ2) is 4.21. The van der Waals surface area contributed by atoms with Crippen molar-refractivity contribution in [3.63, 3.8) is 0 Å². The Labute approximate surface area is 90.1 Å². The van der Waals surface area contributed by atoms with Crippen LogP contribution in [0.5, 0.6) is 5.75 Å². The smallest absolute Gasteiger partial charge is 0.118 e. The lowest BCUT2D eigenvalue weighted by Crippen LogP contribution is -2.33. The first-order chi connectivity index (χ1) is 7.22. The SMILES string of the molecule is COc1ccc(CC2(O)CCNC2)cc1. The van der Waals surface area contributed by atoms with Gasteiger partial charge in [0.15, 0.2) is 0 Å². The summed E-state index contributed by atoms with van der Waals surface area (Å²) in [4.78, 5) is 0. The molecule has 0 radical (unpaired) electrons. The van der Waals surface area contributed by atoms with Gasteiger partial charge in [-0.25, -0.2) is 0 Å². The van der Waals surface area contributed by atoms with Gasteiger partial charge in [0.05, 0.1) is 12.7 Å². The Kier molecular flexibility index (Phi) is 2.93. The van der Waals surface area contributed by atoms with E-state index < -0.39 is 5.60 Å². The molecule has 0 saturated carbocycles. The van der Waals surface area contributed by atoms with Crippen LogP contribution in [-0.4, -0.2) is 30.9 Å². The van der Waals surface area contributed by atoms with E-state index in [1.165, 1.54) is 0 Å². The zero-order valence-electron chi connectivity index (χ0n) is 8.99. The highest BCUT2D eigenvalue weighted by Gasteiger charge is 2.30. The Morgan fingerprint density at radius 3 is 2.67 bits per heavy atom. The van der Waals surface area contributed by atoms with Crippen LogP contribution in [0, 0.1) is 0 Å². The lowest BCUT2D eigenvalue weighted by molar-refractivity contribution is 0.0619. The minimum Gasteiger partial charge on any atom is -0.497 e. The maximum Gasteiger partial charge on any atom is 0.118 e. The maximum absolute atomic E-state index is 10.2. The molecule has 0 spiro atoms. The number of benzene rings is 1. The first-order valence-corrected chi connectivity index (χ1v) is 5.28. The van der Waals surface area contributed by atoms with Gasteiger partial charge in [-0.15, -0.1) is 0 Å². The largest absolute Gasteiger partial charge is 0.497 e. The van der Waals surface area contributed by atoms with Crippen LogP contribution in [0.2, 0.25) is 0 Å². The molecule has 1 saturated heterocycles. The minimum absolute atomic E-state index is 0.561. The number of hydrogen-bond donors (Lipinski definition) is 2. The van der Waals surface area contributed by atoms with Gasteiger partial charge in [-0.2, -0.15) is 0 Å². The Morgan fingerprint density at radius 1 is 1.40 bits per heavy atom. The van der Waals surface area contributed by atoms with E-state index in [9.17, 15) is 5.11 Å². The number of rotatable bonds is 3. The fourth-order valence-electron chi connectivity index (χ4n) is 2.00. The summed E-state index contributed by atoms with van der Waals surface area (Å²) in [6.45, 7) is 1.60. The summed E-state index contributed by atoms with van der Waals surface area (Å²) >= 11 is 0. The molecule has 82 valence electrons. The van der Waals surface area contributed by atoms with Gasteiger partial charge >= 0.3 is 0 Å². The van der Waals surface area contributed by atoms with Crippen molar-refractivity contribution < 1.29 is 9.84 Å². The van der Waals surface area contributed by atoms with Gasteiger partial charge in [0.2, 0.25) is 0 Å². The van der Waals surface area contributed by atoms with E-state index in [0.717, 1.165) is 24.3 Å². The van der Waals surface area contributed by atoms with Crippen molar-refractivity contribution in [2.45, 2.75) is 18.4 Å². The van der Waals surface area contributed by atoms with Crippen molar-refractivity contribution in [3.05, 3.63) is 29.8 Å². The molecule has 15 heavy (non-hydrogen) atoms. The number of nitrogens with one attached hydrogen (secondary N) is 1. The molecule has 0 aromatic heterocycles. The van der Waals surface area contributed by atoms with Crippen LogP contribution in [0.4, 0.5) is 0 Å². The first-order valence-electron chi connectivity index (χ1n) is 5.28. The van der Waals surface area contributed by atoms with E-state index in [4.69, 9.17) is 4.74 Å². The minimum atomic E-state index is -0.561. The summed E-state index contributed by atoms with van der Waals surface area (Å²) in [5.41, 5.74) is 0.594. The van der Waals surface area contributed by atoms with Crippen molar-refractivity contribution in [1.29, 1.82) is 0 Å². The average molecular weight is 207 g/mol. The molecule has 1 aliphatic rings. The Hall–Kier alpha value is -1.06. The quantitative estimate of drug-likeness (QED) is 0.775. The fraction of sp³-hybridized carbons (Fsp3) is 0.500. The lowest BCUT2D eigenvalue weighted by atomic mass is 9.94. The fourth-order valence-corrected chi connectivity index (χ4v) is 2.00. The van der Waals surface area contributed by atoms with E-state index in [1.807, 2.05) is 24.3 Å². The summed E-state index contributed by atoms with van der Waals surface area (Å²) in [6.07, 6.45) is 1.54. The standard InChI is InChI=1S/C12H17NO2/c1-15-11-4-2-10(3-5-11)8-12(14)6-7-13-9-12/h2-5,13-14H,6-9H2,1H3. The average Bonchev–Trinajstić information content (AvgIpc) is 2.66. The van der Waals surface area contributed by atoms with E-state index in [1.54, 1.807) is 7.11 Å². The monoisotopic (exact) mass is 207 g/mol. The molecule has 0 amide bonds. The van der Waals surface area contributed by atoms with E-state index >= 15 is 0 Å². The third-order valence-electron chi connectivity index (χ3n) is 2.91. The molecule has 2 N–H and O–H groups in total. The molecule has 2 rings (SSSR count). The predicted molar refractivity (Wildman–Crippen MR) is 59.1 cm³/mol. The topological polar surface area (TPSA) is 41.5 Å². The molecule has 1 aromatic rings. The van der Waals surface area contributed by atoms with Crippen LogP contribution in [0.1, 0.15) is 12.0 Å². The Balaban J connectivity index is 2.04.